The van der Waals surface area contributed by atoms with Gasteiger partial charge in [0.25, 0.3) is 0 Å². The molecule has 1 nitrogen and oxygen atoms in total. The molecule has 0 fully saturated rings. The summed E-state index contributed by atoms with van der Waals surface area (Å²) < 4.78 is 0. The SMILES string of the molecule is Cc1cc(-c2sc3c(c2C)CC(C)(C)CC3)c(C)cc1CN. The third-order valence-electron chi connectivity index (χ3n) is 5.19. The lowest BCUT2D eigenvalue weighted by Gasteiger charge is -2.29. The molecule has 3 rings (SSSR count). The molecule has 0 saturated carbocycles. The molecule has 1 heterocycles. The summed E-state index contributed by atoms with van der Waals surface area (Å²) in [6.07, 6.45) is 3.78. The van der Waals surface area contributed by atoms with Crippen molar-refractivity contribution in [3.63, 3.8) is 0 Å². The van der Waals surface area contributed by atoms with E-state index in [1.807, 2.05) is 11.3 Å². The molecule has 0 saturated heterocycles. The molecule has 0 aliphatic heterocycles. The third-order valence-corrected chi connectivity index (χ3v) is 6.61. The van der Waals surface area contributed by atoms with E-state index in [9.17, 15) is 0 Å². The van der Waals surface area contributed by atoms with Crippen LogP contribution < -0.4 is 5.73 Å². The fraction of sp³-hybridized carbons (Fsp3) is 0.500. The van der Waals surface area contributed by atoms with Gasteiger partial charge in [-0.25, -0.2) is 0 Å². The lowest BCUT2D eigenvalue weighted by Crippen LogP contribution is -2.21. The van der Waals surface area contributed by atoms with Crippen molar-refractivity contribution in [2.24, 2.45) is 11.1 Å². The van der Waals surface area contributed by atoms with Gasteiger partial charge in [-0.05, 0) is 78.8 Å². The molecule has 2 aromatic rings. The van der Waals surface area contributed by atoms with Crippen molar-refractivity contribution in [1.29, 1.82) is 0 Å². The van der Waals surface area contributed by atoms with Crippen LogP contribution in [0.1, 0.15) is 53.0 Å². The van der Waals surface area contributed by atoms with Gasteiger partial charge in [-0.15, -0.1) is 11.3 Å². The Morgan fingerprint density at radius 3 is 2.55 bits per heavy atom. The summed E-state index contributed by atoms with van der Waals surface area (Å²) in [6, 6.07) is 4.61. The minimum atomic E-state index is 0.449. The molecule has 0 unspecified atom stereocenters. The number of nitrogens with two attached hydrogens (primary N) is 1. The zero-order valence-corrected chi connectivity index (χ0v) is 15.3. The topological polar surface area (TPSA) is 26.0 Å². The first-order valence-electron chi connectivity index (χ1n) is 8.24. The van der Waals surface area contributed by atoms with Crippen molar-refractivity contribution in [3.8, 4) is 10.4 Å². The number of rotatable bonds is 2. The van der Waals surface area contributed by atoms with Crippen molar-refractivity contribution < 1.29 is 0 Å². The molecule has 22 heavy (non-hydrogen) atoms. The van der Waals surface area contributed by atoms with Crippen LogP contribution in [0.25, 0.3) is 10.4 Å². The Morgan fingerprint density at radius 1 is 1.14 bits per heavy atom. The van der Waals surface area contributed by atoms with Crippen molar-refractivity contribution in [2.45, 2.75) is 60.4 Å². The second-order valence-electron chi connectivity index (χ2n) is 7.60. The Hall–Kier alpha value is -1.12. The Bertz CT molecular complexity index is 722. The van der Waals surface area contributed by atoms with Gasteiger partial charge in [-0.2, -0.15) is 0 Å². The van der Waals surface area contributed by atoms with Gasteiger partial charge >= 0.3 is 0 Å². The monoisotopic (exact) mass is 313 g/mol. The highest BCUT2D eigenvalue weighted by atomic mass is 32.1. The van der Waals surface area contributed by atoms with Crippen molar-refractivity contribution in [2.75, 3.05) is 0 Å². The van der Waals surface area contributed by atoms with E-state index in [-0.39, 0.29) is 0 Å². The van der Waals surface area contributed by atoms with Crippen LogP contribution in [0.15, 0.2) is 12.1 Å². The Kier molecular flexibility index (Phi) is 3.94. The maximum atomic E-state index is 5.85. The molecule has 1 aromatic carbocycles. The molecule has 0 amide bonds. The second kappa shape index (κ2) is 5.50. The van der Waals surface area contributed by atoms with Crippen LogP contribution in [0.4, 0.5) is 0 Å². The number of hydrogen-bond donors (Lipinski definition) is 1. The summed E-state index contributed by atoms with van der Waals surface area (Å²) >= 11 is 2.02. The Morgan fingerprint density at radius 2 is 1.86 bits per heavy atom. The largest absolute Gasteiger partial charge is 0.326 e. The number of hydrogen-bond acceptors (Lipinski definition) is 2. The van der Waals surface area contributed by atoms with E-state index in [0.29, 0.717) is 12.0 Å². The zero-order valence-electron chi connectivity index (χ0n) is 14.5. The smallest absolute Gasteiger partial charge is 0.0380 e. The fourth-order valence-electron chi connectivity index (χ4n) is 3.66. The first kappa shape index (κ1) is 15.8. The number of aryl methyl sites for hydroxylation is 3. The number of benzene rings is 1. The van der Waals surface area contributed by atoms with Gasteiger partial charge in [0, 0.05) is 16.3 Å². The standard InChI is InChI=1S/C20H27NS/c1-12-9-16(13(2)8-15(12)11-21)19-14(3)17-10-20(4,5)7-6-18(17)22-19/h8-9H,6-7,10-11,21H2,1-5H3. The predicted octanol–water partition coefficient (Wildman–Crippen LogP) is 5.31. The van der Waals surface area contributed by atoms with Crippen LogP contribution in [-0.2, 0) is 19.4 Å². The van der Waals surface area contributed by atoms with Crippen molar-refractivity contribution >= 4 is 11.3 Å². The quantitative estimate of drug-likeness (QED) is 0.798. The van der Waals surface area contributed by atoms with Gasteiger partial charge < -0.3 is 5.73 Å². The molecular formula is C20H27NS. The zero-order chi connectivity index (χ0) is 16.1. The van der Waals surface area contributed by atoms with E-state index in [4.69, 9.17) is 5.73 Å². The summed E-state index contributed by atoms with van der Waals surface area (Å²) in [4.78, 5) is 3.10. The maximum absolute atomic E-state index is 5.85. The average Bonchev–Trinajstić information content (AvgIpc) is 2.77. The maximum Gasteiger partial charge on any atom is 0.0380 e. The van der Waals surface area contributed by atoms with E-state index >= 15 is 0 Å². The van der Waals surface area contributed by atoms with Gasteiger partial charge in [0.05, 0.1) is 0 Å². The van der Waals surface area contributed by atoms with Crippen LogP contribution in [0.2, 0.25) is 0 Å². The van der Waals surface area contributed by atoms with Gasteiger partial charge in [0.2, 0.25) is 0 Å². The molecule has 2 heteroatoms. The van der Waals surface area contributed by atoms with Crippen LogP contribution in [0.3, 0.4) is 0 Å². The summed E-state index contributed by atoms with van der Waals surface area (Å²) in [5, 5.41) is 0. The highest BCUT2D eigenvalue weighted by Crippen LogP contribution is 2.45. The molecule has 0 atom stereocenters. The lowest BCUT2D eigenvalue weighted by molar-refractivity contribution is 0.317. The van der Waals surface area contributed by atoms with Crippen molar-refractivity contribution in [3.05, 3.63) is 44.8 Å². The Balaban J connectivity index is 2.11. The third kappa shape index (κ3) is 2.63. The Labute approximate surface area is 138 Å². The van der Waals surface area contributed by atoms with Gasteiger partial charge in [0.15, 0.2) is 0 Å². The predicted molar refractivity (Wildman–Crippen MR) is 97.7 cm³/mol. The van der Waals surface area contributed by atoms with E-state index < -0.39 is 0 Å². The summed E-state index contributed by atoms with van der Waals surface area (Å²) in [5.74, 6) is 0. The van der Waals surface area contributed by atoms with E-state index in [1.54, 1.807) is 10.4 Å². The highest BCUT2D eigenvalue weighted by molar-refractivity contribution is 7.16. The molecule has 2 N–H and O–H groups in total. The second-order valence-corrected chi connectivity index (χ2v) is 8.70. The van der Waals surface area contributed by atoms with Gasteiger partial charge in [0.1, 0.15) is 0 Å². The summed E-state index contributed by atoms with van der Waals surface area (Å²) in [5.41, 5.74) is 14.8. The minimum Gasteiger partial charge on any atom is -0.326 e. The number of fused-ring (bicyclic) bond motifs is 1. The molecule has 1 aromatic heterocycles. The summed E-state index contributed by atoms with van der Waals surface area (Å²) in [6.45, 7) is 12.1. The van der Waals surface area contributed by atoms with E-state index in [2.05, 4.69) is 46.8 Å². The van der Waals surface area contributed by atoms with Gasteiger partial charge in [-0.1, -0.05) is 26.0 Å². The molecular weight excluding hydrogens is 286 g/mol. The van der Waals surface area contributed by atoms with Gasteiger partial charge in [-0.3, -0.25) is 0 Å². The fourth-order valence-corrected chi connectivity index (χ4v) is 5.06. The molecule has 118 valence electrons. The van der Waals surface area contributed by atoms with E-state index in [1.165, 1.54) is 52.0 Å². The molecule has 0 spiro atoms. The van der Waals surface area contributed by atoms with Crippen LogP contribution >= 0.6 is 11.3 Å². The molecule has 0 radical (unpaired) electrons. The normalized spacial score (nSPS) is 16.6. The van der Waals surface area contributed by atoms with Crippen LogP contribution in [0.5, 0.6) is 0 Å². The summed E-state index contributed by atoms with van der Waals surface area (Å²) in [7, 11) is 0. The molecule has 0 bridgehead atoms. The van der Waals surface area contributed by atoms with Crippen LogP contribution in [0, 0.1) is 26.2 Å². The molecule has 1 aliphatic rings. The van der Waals surface area contributed by atoms with Crippen molar-refractivity contribution in [1.82, 2.24) is 0 Å². The molecule has 1 aliphatic carbocycles. The minimum absolute atomic E-state index is 0.449. The van der Waals surface area contributed by atoms with Crippen LogP contribution in [-0.4, -0.2) is 0 Å². The number of thiophene rings is 1. The lowest BCUT2D eigenvalue weighted by atomic mass is 9.76. The first-order valence-corrected chi connectivity index (χ1v) is 9.06. The highest BCUT2D eigenvalue weighted by Gasteiger charge is 2.29. The van der Waals surface area contributed by atoms with E-state index in [0.717, 1.165) is 0 Å². The first-order chi connectivity index (χ1) is 10.3. The average molecular weight is 314 g/mol.